The third kappa shape index (κ3) is 5.17. The summed E-state index contributed by atoms with van der Waals surface area (Å²) in [5, 5.41) is 9.92. The highest BCUT2D eigenvalue weighted by Gasteiger charge is 2.48. The molecule has 2 heterocycles. The molecule has 214 valence electrons. The summed E-state index contributed by atoms with van der Waals surface area (Å²) < 4.78 is 12.3. The molecule has 0 spiro atoms. The number of amides is 2. The number of hydrogen-bond donors (Lipinski definition) is 1. The summed E-state index contributed by atoms with van der Waals surface area (Å²) in [4.78, 5) is 42.1. The quantitative estimate of drug-likeness (QED) is 0.467. The number of carbonyl (C=O) groups excluding carboxylic acids is 2. The molecule has 3 atom stereocenters. The van der Waals surface area contributed by atoms with Crippen LogP contribution in [0.5, 0.6) is 0 Å². The van der Waals surface area contributed by atoms with Crippen LogP contribution >= 0.6 is 0 Å². The van der Waals surface area contributed by atoms with Crippen molar-refractivity contribution in [3.05, 3.63) is 59.7 Å². The summed E-state index contributed by atoms with van der Waals surface area (Å²) in [6.07, 6.45) is 0.536. The van der Waals surface area contributed by atoms with Crippen LogP contribution in [0, 0.1) is 0 Å². The molecular weight excluding hydrogens is 524 g/mol. The highest BCUT2D eigenvalue weighted by atomic mass is 28.4. The lowest BCUT2D eigenvalue weighted by Crippen LogP contribution is -2.51. The van der Waals surface area contributed by atoms with E-state index in [0.717, 1.165) is 22.3 Å². The lowest BCUT2D eigenvalue weighted by molar-refractivity contribution is -0.149. The van der Waals surface area contributed by atoms with Gasteiger partial charge in [-0.05, 0) is 53.2 Å². The van der Waals surface area contributed by atoms with E-state index in [0.29, 0.717) is 19.4 Å². The first-order valence-corrected chi connectivity index (χ1v) is 17.1. The summed E-state index contributed by atoms with van der Waals surface area (Å²) in [5.41, 5.74) is 4.55. The zero-order valence-corrected chi connectivity index (χ0v) is 25.1. The van der Waals surface area contributed by atoms with Gasteiger partial charge in [0.15, 0.2) is 8.32 Å². The molecule has 2 aliphatic heterocycles. The number of carbonyl (C=O) groups is 3. The molecule has 0 bridgehead atoms. The van der Waals surface area contributed by atoms with E-state index in [2.05, 4.69) is 58.1 Å². The second-order valence-electron chi connectivity index (χ2n) is 12.7. The fourth-order valence-corrected chi connectivity index (χ4v) is 7.42. The Kier molecular flexibility index (Phi) is 7.56. The maximum atomic E-state index is 13.7. The largest absolute Gasteiger partial charge is 0.480 e. The van der Waals surface area contributed by atoms with Gasteiger partial charge in [0.25, 0.3) is 0 Å². The monoisotopic (exact) mass is 564 g/mol. The smallest absolute Gasteiger partial charge is 0.410 e. The third-order valence-corrected chi connectivity index (χ3v) is 13.7. The zero-order chi connectivity index (χ0) is 28.8. The summed E-state index contributed by atoms with van der Waals surface area (Å²) >= 11 is 0. The fourth-order valence-electron chi connectivity index (χ4n) is 6.06. The van der Waals surface area contributed by atoms with Gasteiger partial charge in [-0.25, -0.2) is 9.59 Å². The Labute approximate surface area is 237 Å². The molecule has 2 saturated heterocycles. The number of likely N-dealkylation sites (tertiary alicyclic amines) is 2. The molecule has 0 aromatic heterocycles. The predicted octanol–water partition coefficient (Wildman–Crippen LogP) is 5.48. The summed E-state index contributed by atoms with van der Waals surface area (Å²) in [5.74, 6) is -1.45. The van der Waals surface area contributed by atoms with Crippen molar-refractivity contribution in [1.82, 2.24) is 9.80 Å². The summed E-state index contributed by atoms with van der Waals surface area (Å²) in [6.45, 7) is 11.5. The number of rotatable bonds is 6. The molecule has 2 amide bonds. The Balaban J connectivity index is 1.27. The maximum Gasteiger partial charge on any atom is 0.410 e. The molecule has 3 aliphatic rings. The Hall–Kier alpha value is -3.17. The maximum absolute atomic E-state index is 13.7. The van der Waals surface area contributed by atoms with E-state index in [1.54, 1.807) is 0 Å². The van der Waals surface area contributed by atoms with Crippen molar-refractivity contribution < 1.29 is 28.7 Å². The number of ether oxygens (including phenoxy) is 1. The topological polar surface area (TPSA) is 96.4 Å². The van der Waals surface area contributed by atoms with Crippen molar-refractivity contribution in [2.45, 2.75) is 82.3 Å². The second-order valence-corrected chi connectivity index (χ2v) is 17.5. The molecule has 1 aliphatic carbocycles. The number of nitrogens with zero attached hydrogens (tertiary/aromatic N) is 2. The lowest BCUT2D eigenvalue weighted by Gasteiger charge is -2.38. The molecule has 9 heteroatoms. The first-order chi connectivity index (χ1) is 18.9. The number of carboxylic acids is 1. The van der Waals surface area contributed by atoms with Gasteiger partial charge in [0.2, 0.25) is 5.91 Å². The molecule has 0 radical (unpaired) electrons. The molecule has 40 heavy (non-hydrogen) atoms. The van der Waals surface area contributed by atoms with Crippen LogP contribution in [0.15, 0.2) is 48.5 Å². The molecule has 0 saturated carbocycles. The van der Waals surface area contributed by atoms with Gasteiger partial charge in [-0.15, -0.1) is 0 Å². The standard InChI is InChI=1S/C31H40N2O6Si/c1-31(2,3)40(4,5)39-20-17-27(29(35)36)33(18-20)28(34)26-15-10-16-32(26)30(37)38-19-25-23-13-8-6-11-21(23)22-12-7-9-14-24(22)25/h6-9,11-14,20,25-27H,10,15-19H2,1-5H3,(H,35,36)/t20-,26+,27+/m1/s1. The molecule has 5 rings (SSSR count). The summed E-state index contributed by atoms with van der Waals surface area (Å²) in [6, 6.07) is 14.6. The second kappa shape index (κ2) is 10.7. The minimum Gasteiger partial charge on any atom is -0.480 e. The van der Waals surface area contributed by atoms with Gasteiger partial charge in [-0.2, -0.15) is 0 Å². The number of carboxylic acid groups (broad SMARTS) is 1. The minimum atomic E-state index is -2.15. The normalized spacial score (nSPS) is 22.8. The highest BCUT2D eigenvalue weighted by Crippen LogP contribution is 2.45. The van der Waals surface area contributed by atoms with Gasteiger partial charge in [0, 0.05) is 25.4 Å². The van der Waals surface area contributed by atoms with Crippen LogP contribution in [0.1, 0.15) is 57.1 Å². The van der Waals surface area contributed by atoms with Crippen molar-refractivity contribution in [3.8, 4) is 11.1 Å². The molecule has 2 fully saturated rings. The first-order valence-electron chi connectivity index (χ1n) is 14.2. The van der Waals surface area contributed by atoms with Gasteiger partial charge < -0.3 is 19.2 Å². The van der Waals surface area contributed by atoms with E-state index in [1.165, 1.54) is 9.80 Å². The molecule has 2 aromatic carbocycles. The average Bonchev–Trinajstić information content (AvgIpc) is 3.62. The van der Waals surface area contributed by atoms with E-state index in [4.69, 9.17) is 9.16 Å². The molecule has 8 nitrogen and oxygen atoms in total. The van der Waals surface area contributed by atoms with Crippen LogP contribution in [-0.2, 0) is 18.8 Å². The number of aliphatic carboxylic acids is 1. The molecular formula is C31H40N2O6Si. The Morgan fingerprint density at radius 2 is 1.55 bits per heavy atom. The van der Waals surface area contributed by atoms with Crippen molar-refractivity contribution in [3.63, 3.8) is 0 Å². The van der Waals surface area contributed by atoms with Crippen LogP contribution in [0.3, 0.4) is 0 Å². The van der Waals surface area contributed by atoms with Crippen molar-refractivity contribution in [1.29, 1.82) is 0 Å². The Morgan fingerprint density at radius 1 is 0.950 bits per heavy atom. The molecule has 0 unspecified atom stereocenters. The first kappa shape index (κ1) is 28.4. The molecule has 1 N–H and O–H groups in total. The number of hydrogen-bond acceptors (Lipinski definition) is 5. The van der Waals surface area contributed by atoms with Gasteiger partial charge in [-0.1, -0.05) is 69.3 Å². The highest BCUT2D eigenvalue weighted by molar-refractivity contribution is 6.74. The van der Waals surface area contributed by atoms with Crippen LogP contribution in [0.2, 0.25) is 18.1 Å². The van der Waals surface area contributed by atoms with Crippen molar-refractivity contribution in [2.24, 2.45) is 0 Å². The van der Waals surface area contributed by atoms with E-state index < -0.39 is 32.5 Å². The lowest BCUT2D eigenvalue weighted by atomic mass is 9.98. The SMILES string of the molecule is CC(C)(C)[Si](C)(C)O[C@@H]1C[C@@H](C(=O)O)N(C(=O)[C@@H]2CCCN2C(=O)OCC2c3ccccc3-c3ccccc32)C1. The van der Waals surface area contributed by atoms with Gasteiger partial charge in [0.1, 0.15) is 18.7 Å². The molecule has 2 aromatic rings. The van der Waals surface area contributed by atoms with Gasteiger partial charge in [0.05, 0.1) is 6.10 Å². The van der Waals surface area contributed by atoms with Gasteiger partial charge in [-0.3, -0.25) is 9.69 Å². The predicted molar refractivity (Wildman–Crippen MR) is 155 cm³/mol. The van der Waals surface area contributed by atoms with Crippen LogP contribution in [-0.4, -0.2) is 79.1 Å². The van der Waals surface area contributed by atoms with Crippen LogP contribution < -0.4 is 0 Å². The Bertz CT molecular complexity index is 1260. The van der Waals surface area contributed by atoms with E-state index in [-0.39, 0.29) is 42.5 Å². The van der Waals surface area contributed by atoms with Crippen molar-refractivity contribution >= 4 is 26.3 Å². The fraction of sp³-hybridized carbons (Fsp3) is 0.516. The third-order valence-electron chi connectivity index (χ3n) is 9.21. The van der Waals surface area contributed by atoms with E-state index >= 15 is 0 Å². The summed E-state index contributed by atoms with van der Waals surface area (Å²) in [7, 11) is -2.15. The minimum absolute atomic E-state index is 0.0322. The number of benzene rings is 2. The Morgan fingerprint density at radius 3 is 2.12 bits per heavy atom. The van der Waals surface area contributed by atoms with Crippen LogP contribution in [0.25, 0.3) is 11.1 Å². The van der Waals surface area contributed by atoms with Crippen LogP contribution in [0.4, 0.5) is 4.79 Å². The van der Waals surface area contributed by atoms with Gasteiger partial charge >= 0.3 is 12.1 Å². The number of fused-ring (bicyclic) bond motifs is 3. The van der Waals surface area contributed by atoms with E-state index in [9.17, 15) is 19.5 Å². The average molecular weight is 565 g/mol. The van der Waals surface area contributed by atoms with Crippen molar-refractivity contribution in [2.75, 3.05) is 19.7 Å². The van der Waals surface area contributed by atoms with E-state index in [1.807, 2.05) is 24.3 Å². The zero-order valence-electron chi connectivity index (χ0n) is 24.1.